The molecule has 1 aromatic rings. The quantitative estimate of drug-likeness (QED) is 0.569. The second-order valence-corrected chi connectivity index (χ2v) is 6.29. The van der Waals surface area contributed by atoms with Crippen molar-refractivity contribution in [3.05, 3.63) is 27.5 Å². The van der Waals surface area contributed by atoms with Crippen LogP contribution in [0.15, 0.2) is 16.1 Å². The van der Waals surface area contributed by atoms with Gasteiger partial charge in [0.2, 0.25) is 0 Å². The Morgan fingerprint density at radius 3 is 2.65 bits per heavy atom. The zero-order valence-corrected chi connectivity index (χ0v) is 15.0. The van der Waals surface area contributed by atoms with Crippen LogP contribution in [0, 0.1) is 0 Å². The van der Waals surface area contributed by atoms with Gasteiger partial charge in [0, 0.05) is 19.0 Å². The summed E-state index contributed by atoms with van der Waals surface area (Å²) in [5.41, 5.74) is 3.87. The van der Waals surface area contributed by atoms with Crippen molar-refractivity contribution in [2.24, 2.45) is 0 Å². The smallest absolute Gasteiger partial charge is 0.0766 e. The first-order valence-electron chi connectivity index (χ1n) is 7.62. The van der Waals surface area contributed by atoms with Gasteiger partial charge in [0.15, 0.2) is 0 Å². The first kappa shape index (κ1) is 17.4. The Bertz CT molecular complexity index is 447. The van der Waals surface area contributed by atoms with Gasteiger partial charge in [-0.1, -0.05) is 32.4 Å². The van der Waals surface area contributed by atoms with E-state index in [4.69, 9.17) is 0 Å². The van der Waals surface area contributed by atoms with Crippen molar-refractivity contribution in [2.45, 2.75) is 66.5 Å². The zero-order chi connectivity index (χ0) is 15.1. The molecule has 3 nitrogen and oxygen atoms in total. The molecule has 0 fully saturated rings. The lowest BCUT2D eigenvalue weighted by molar-refractivity contribution is 0.593. The van der Waals surface area contributed by atoms with Crippen LogP contribution in [0.5, 0.6) is 0 Å². The minimum absolute atomic E-state index is 0.562. The second-order valence-electron chi connectivity index (χ2n) is 5.50. The van der Waals surface area contributed by atoms with Crippen molar-refractivity contribution in [3.63, 3.8) is 0 Å². The maximum atomic E-state index is 4.65. The number of aromatic nitrogens is 2. The highest BCUT2D eigenvalue weighted by Gasteiger charge is 2.13. The number of nitrogens with one attached hydrogen (secondary N) is 1. The van der Waals surface area contributed by atoms with Gasteiger partial charge < -0.3 is 5.32 Å². The van der Waals surface area contributed by atoms with Crippen molar-refractivity contribution in [3.8, 4) is 0 Å². The number of nitrogens with zero attached hydrogens (tertiary/aromatic N) is 2. The molecular weight excluding hydrogens is 314 g/mol. The van der Waals surface area contributed by atoms with Gasteiger partial charge in [-0.15, -0.1) is 0 Å². The van der Waals surface area contributed by atoms with E-state index in [-0.39, 0.29) is 0 Å². The molecular formula is C16H28BrN3. The van der Waals surface area contributed by atoms with Crippen molar-refractivity contribution < 1.29 is 0 Å². The zero-order valence-electron chi connectivity index (χ0n) is 13.5. The molecule has 0 unspecified atom stereocenters. The first-order valence-corrected chi connectivity index (χ1v) is 8.41. The Morgan fingerprint density at radius 2 is 2.10 bits per heavy atom. The van der Waals surface area contributed by atoms with Crippen LogP contribution in [0.1, 0.15) is 52.4 Å². The molecule has 1 heterocycles. The van der Waals surface area contributed by atoms with Gasteiger partial charge >= 0.3 is 0 Å². The SMILES string of the molecule is CCc1nn(CC)c(CC(C)=CCCNC(C)C)c1Br. The number of aryl methyl sites for hydroxylation is 2. The van der Waals surface area contributed by atoms with Crippen molar-refractivity contribution in [2.75, 3.05) is 6.54 Å². The number of allylic oxidation sites excluding steroid dienone is 1. The molecule has 0 aliphatic rings. The third kappa shape index (κ3) is 5.06. The molecule has 0 radical (unpaired) electrons. The Labute approximate surface area is 132 Å². The molecule has 0 bridgehead atoms. The summed E-state index contributed by atoms with van der Waals surface area (Å²) in [4.78, 5) is 0. The van der Waals surface area contributed by atoms with E-state index in [0.717, 1.165) is 38.0 Å². The van der Waals surface area contributed by atoms with E-state index < -0.39 is 0 Å². The van der Waals surface area contributed by atoms with Crippen molar-refractivity contribution in [1.29, 1.82) is 0 Å². The summed E-state index contributed by atoms with van der Waals surface area (Å²) in [6.07, 6.45) is 5.37. The minimum atomic E-state index is 0.562. The number of hydrogen-bond donors (Lipinski definition) is 1. The van der Waals surface area contributed by atoms with Crippen LogP contribution < -0.4 is 5.32 Å². The highest BCUT2D eigenvalue weighted by atomic mass is 79.9. The van der Waals surface area contributed by atoms with Crippen molar-refractivity contribution in [1.82, 2.24) is 15.1 Å². The van der Waals surface area contributed by atoms with Crippen LogP contribution in [-0.4, -0.2) is 22.4 Å². The number of rotatable bonds is 8. The fraction of sp³-hybridized carbons (Fsp3) is 0.688. The van der Waals surface area contributed by atoms with Gasteiger partial charge in [0.05, 0.1) is 15.9 Å². The highest BCUT2D eigenvalue weighted by molar-refractivity contribution is 9.10. The fourth-order valence-corrected chi connectivity index (χ4v) is 2.92. The number of halogens is 1. The standard InChI is InChI=1S/C16H28BrN3/c1-6-14-16(17)15(20(7-2)19-14)11-13(5)9-8-10-18-12(3)4/h9,12,18H,6-8,10-11H2,1-5H3. The van der Waals surface area contributed by atoms with Crippen LogP contribution in [0.3, 0.4) is 0 Å². The predicted octanol–water partition coefficient (Wildman–Crippen LogP) is 4.10. The molecule has 1 aromatic heterocycles. The molecule has 0 saturated heterocycles. The van der Waals surface area contributed by atoms with Crippen LogP contribution in [0.25, 0.3) is 0 Å². The second kappa shape index (κ2) is 8.63. The summed E-state index contributed by atoms with van der Waals surface area (Å²) in [6, 6.07) is 0.562. The summed E-state index contributed by atoms with van der Waals surface area (Å²) in [7, 11) is 0. The lowest BCUT2D eigenvalue weighted by atomic mass is 10.1. The molecule has 0 aromatic carbocycles. The average molecular weight is 342 g/mol. The Morgan fingerprint density at radius 1 is 1.40 bits per heavy atom. The van der Waals surface area contributed by atoms with Crippen molar-refractivity contribution >= 4 is 15.9 Å². The van der Waals surface area contributed by atoms with Crippen LogP contribution in [0.2, 0.25) is 0 Å². The molecule has 1 N–H and O–H groups in total. The van der Waals surface area contributed by atoms with Gasteiger partial charge in [-0.05, 0) is 49.2 Å². The predicted molar refractivity (Wildman–Crippen MR) is 90.2 cm³/mol. The summed E-state index contributed by atoms with van der Waals surface area (Å²) >= 11 is 3.71. The van der Waals surface area contributed by atoms with Gasteiger partial charge in [-0.2, -0.15) is 5.10 Å². The summed E-state index contributed by atoms with van der Waals surface area (Å²) in [5.74, 6) is 0. The minimum Gasteiger partial charge on any atom is -0.314 e. The van der Waals surface area contributed by atoms with E-state index in [1.165, 1.54) is 15.7 Å². The molecule has 0 aliphatic carbocycles. The topological polar surface area (TPSA) is 29.9 Å². The molecule has 1 rings (SSSR count). The Balaban J connectivity index is 2.67. The molecule has 0 saturated carbocycles. The molecule has 4 heteroatoms. The summed E-state index contributed by atoms with van der Waals surface area (Å²) in [5, 5.41) is 8.09. The van der Waals surface area contributed by atoms with E-state index in [1.54, 1.807) is 0 Å². The first-order chi connectivity index (χ1) is 9.49. The highest BCUT2D eigenvalue weighted by Crippen LogP contribution is 2.24. The van der Waals surface area contributed by atoms with Gasteiger partial charge in [-0.3, -0.25) is 4.68 Å². The molecule has 0 spiro atoms. The largest absolute Gasteiger partial charge is 0.314 e. The normalized spacial score (nSPS) is 12.4. The third-order valence-electron chi connectivity index (χ3n) is 3.33. The van der Waals surface area contributed by atoms with E-state index in [2.05, 4.69) is 71.7 Å². The molecule has 0 aliphatic heterocycles. The summed E-state index contributed by atoms with van der Waals surface area (Å²) in [6.45, 7) is 12.8. The van der Waals surface area contributed by atoms with Crippen LogP contribution in [0.4, 0.5) is 0 Å². The molecule has 20 heavy (non-hydrogen) atoms. The van der Waals surface area contributed by atoms with E-state index in [9.17, 15) is 0 Å². The van der Waals surface area contributed by atoms with Gasteiger partial charge in [-0.25, -0.2) is 0 Å². The number of hydrogen-bond acceptors (Lipinski definition) is 2. The third-order valence-corrected chi connectivity index (χ3v) is 4.25. The summed E-state index contributed by atoms with van der Waals surface area (Å²) < 4.78 is 3.31. The lowest BCUT2D eigenvalue weighted by Gasteiger charge is -2.08. The maximum Gasteiger partial charge on any atom is 0.0766 e. The Kier molecular flexibility index (Phi) is 7.52. The van der Waals surface area contributed by atoms with Crippen LogP contribution in [-0.2, 0) is 19.4 Å². The van der Waals surface area contributed by atoms with E-state index >= 15 is 0 Å². The van der Waals surface area contributed by atoms with Gasteiger partial charge in [0.25, 0.3) is 0 Å². The van der Waals surface area contributed by atoms with Crippen LogP contribution >= 0.6 is 15.9 Å². The van der Waals surface area contributed by atoms with E-state index in [1.807, 2.05) is 0 Å². The molecule has 114 valence electrons. The van der Waals surface area contributed by atoms with Gasteiger partial charge in [0.1, 0.15) is 0 Å². The molecule has 0 atom stereocenters. The maximum absolute atomic E-state index is 4.65. The fourth-order valence-electron chi connectivity index (χ4n) is 2.21. The molecule has 0 amide bonds. The average Bonchev–Trinajstić information content (AvgIpc) is 2.71. The monoisotopic (exact) mass is 341 g/mol. The van der Waals surface area contributed by atoms with E-state index in [0.29, 0.717) is 6.04 Å². The lowest BCUT2D eigenvalue weighted by Crippen LogP contribution is -2.23. The Hall–Kier alpha value is -0.610.